The van der Waals surface area contributed by atoms with E-state index in [1.54, 1.807) is 0 Å². The molecule has 0 spiro atoms. The third-order valence-electron chi connectivity index (χ3n) is 3.53. The number of carbonyl (C=O) groups is 2. The van der Waals surface area contributed by atoms with E-state index in [-0.39, 0.29) is 30.8 Å². The van der Waals surface area contributed by atoms with E-state index in [1.165, 1.54) is 18.2 Å². The van der Waals surface area contributed by atoms with Crippen LogP contribution in [-0.4, -0.2) is 35.2 Å². The third kappa shape index (κ3) is 3.46. The summed E-state index contributed by atoms with van der Waals surface area (Å²) in [6.07, 6.45) is -4.20. The average molecular weight is 329 g/mol. The van der Waals surface area contributed by atoms with Gasteiger partial charge in [-0.25, -0.2) is 4.79 Å². The fourth-order valence-electron chi connectivity index (χ4n) is 2.52. The van der Waals surface area contributed by atoms with Crippen molar-refractivity contribution >= 4 is 12.1 Å². The first-order valence-electron chi connectivity index (χ1n) is 6.70. The lowest BCUT2D eigenvalue weighted by Crippen LogP contribution is -2.41. The van der Waals surface area contributed by atoms with Crippen molar-refractivity contribution < 1.29 is 32.6 Å². The summed E-state index contributed by atoms with van der Waals surface area (Å²) in [6, 6.07) is 3.38. The highest BCUT2D eigenvalue weighted by Gasteiger charge is 2.40. The quantitative estimate of drug-likeness (QED) is 0.866. The van der Waals surface area contributed by atoms with Crippen LogP contribution in [0.5, 0.6) is 0 Å². The minimum atomic E-state index is -4.64. The number of carbonyl (C=O) groups excluding carboxylic acids is 1. The minimum absolute atomic E-state index is 0.0695. The van der Waals surface area contributed by atoms with Crippen molar-refractivity contribution in [2.75, 3.05) is 13.2 Å². The van der Waals surface area contributed by atoms with E-state index in [0.717, 1.165) is 11.0 Å². The highest BCUT2D eigenvalue weighted by Crippen LogP contribution is 2.38. The summed E-state index contributed by atoms with van der Waals surface area (Å²) in [7, 11) is 0. The molecule has 0 radical (unpaired) electrons. The Balaban J connectivity index is 2.45. The Bertz CT molecular complexity index is 642. The normalized spacial score (nSPS) is 17.3. The Morgan fingerprint density at radius 3 is 2.70 bits per heavy atom. The van der Waals surface area contributed by atoms with Gasteiger partial charge in [-0.15, -0.1) is 0 Å². The average Bonchev–Trinajstić information content (AvgIpc) is 2.49. The fourth-order valence-corrected chi connectivity index (χ4v) is 2.52. The highest BCUT2D eigenvalue weighted by atomic mass is 19.4. The SMILES string of the molecule is C=CCOC(=O)N1Cc2c(cccc2C(F)(F)F)C(C(=O)O)C1. The van der Waals surface area contributed by atoms with Crippen molar-refractivity contribution in [2.45, 2.75) is 18.6 Å². The monoisotopic (exact) mass is 329 g/mol. The summed E-state index contributed by atoms with van der Waals surface area (Å²) >= 11 is 0. The van der Waals surface area contributed by atoms with E-state index in [2.05, 4.69) is 6.58 Å². The van der Waals surface area contributed by atoms with Crippen LogP contribution < -0.4 is 0 Å². The molecule has 5 nitrogen and oxygen atoms in total. The second-order valence-electron chi connectivity index (χ2n) is 5.01. The molecule has 1 aromatic rings. The Morgan fingerprint density at radius 2 is 2.13 bits per heavy atom. The lowest BCUT2D eigenvalue weighted by molar-refractivity contribution is -0.141. The second-order valence-corrected chi connectivity index (χ2v) is 5.01. The van der Waals surface area contributed by atoms with Crippen molar-refractivity contribution in [2.24, 2.45) is 0 Å². The van der Waals surface area contributed by atoms with Gasteiger partial charge in [0.05, 0.1) is 11.5 Å². The molecule has 0 aliphatic carbocycles. The topological polar surface area (TPSA) is 66.8 Å². The number of carboxylic acids is 1. The van der Waals surface area contributed by atoms with Gasteiger partial charge in [-0.1, -0.05) is 24.8 Å². The van der Waals surface area contributed by atoms with Gasteiger partial charge in [-0.2, -0.15) is 13.2 Å². The van der Waals surface area contributed by atoms with Crippen molar-refractivity contribution in [3.8, 4) is 0 Å². The molecule has 0 aromatic heterocycles. The van der Waals surface area contributed by atoms with Crippen molar-refractivity contribution in [1.29, 1.82) is 0 Å². The van der Waals surface area contributed by atoms with Gasteiger partial charge >= 0.3 is 18.2 Å². The summed E-state index contributed by atoms with van der Waals surface area (Å²) in [5.41, 5.74) is -1.09. The first kappa shape index (κ1) is 16.9. The molecule has 1 amide bonds. The van der Waals surface area contributed by atoms with Crippen LogP contribution in [-0.2, 0) is 22.3 Å². The molecule has 23 heavy (non-hydrogen) atoms. The molecule has 124 valence electrons. The van der Waals surface area contributed by atoms with Crippen LogP contribution in [0.2, 0.25) is 0 Å². The summed E-state index contributed by atoms with van der Waals surface area (Å²) in [5, 5.41) is 9.28. The van der Waals surface area contributed by atoms with Crippen LogP contribution in [0.25, 0.3) is 0 Å². The van der Waals surface area contributed by atoms with Crippen LogP contribution >= 0.6 is 0 Å². The zero-order valence-corrected chi connectivity index (χ0v) is 12.0. The largest absolute Gasteiger partial charge is 0.481 e. The van der Waals surface area contributed by atoms with E-state index in [4.69, 9.17) is 4.74 Å². The molecule has 0 saturated carbocycles. The molecule has 0 bridgehead atoms. The summed E-state index contributed by atoms with van der Waals surface area (Å²) < 4.78 is 44.2. The van der Waals surface area contributed by atoms with Crippen molar-refractivity contribution in [3.05, 3.63) is 47.5 Å². The van der Waals surface area contributed by atoms with Gasteiger partial charge in [0.25, 0.3) is 0 Å². The summed E-state index contributed by atoms with van der Waals surface area (Å²) in [5.74, 6) is -2.54. The highest BCUT2D eigenvalue weighted by molar-refractivity contribution is 5.79. The van der Waals surface area contributed by atoms with E-state index in [0.29, 0.717) is 0 Å². The van der Waals surface area contributed by atoms with Gasteiger partial charge in [0.15, 0.2) is 0 Å². The smallest absolute Gasteiger partial charge is 0.416 e. The van der Waals surface area contributed by atoms with Gasteiger partial charge in [-0.3, -0.25) is 4.79 Å². The van der Waals surface area contributed by atoms with Crippen LogP contribution in [0.3, 0.4) is 0 Å². The molecular formula is C15H14F3NO4. The number of hydrogen-bond acceptors (Lipinski definition) is 3. The number of fused-ring (bicyclic) bond motifs is 1. The van der Waals surface area contributed by atoms with Gasteiger partial charge in [-0.05, 0) is 17.2 Å². The van der Waals surface area contributed by atoms with Gasteiger partial charge in [0.2, 0.25) is 0 Å². The number of nitrogens with zero attached hydrogens (tertiary/aromatic N) is 1. The molecule has 1 aliphatic rings. The van der Waals surface area contributed by atoms with Crippen LogP contribution in [0, 0.1) is 0 Å². The van der Waals surface area contributed by atoms with Crippen LogP contribution in [0.15, 0.2) is 30.9 Å². The van der Waals surface area contributed by atoms with E-state index >= 15 is 0 Å². The molecule has 8 heteroatoms. The number of aliphatic carboxylic acids is 1. The van der Waals surface area contributed by atoms with Gasteiger partial charge in [0, 0.05) is 13.1 Å². The summed E-state index contributed by atoms with van der Waals surface area (Å²) in [4.78, 5) is 24.2. The number of benzene rings is 1. The maximum atomic E-state index is 13.1. The Morgan fingerprint density at radius 1 is 1.43 bits per heavy atom. The zero-order chi connectivity index (χ0) is 17.2. The van der Waals surface area contributed by atoms with E-state index in [9.17, 15) is 27.9 Å². The lowest BCUT2D eigenvalue weighted by Gasteiger charge is -2.33. The number of rotatable bonds is 3. The number of alkyl halides is 3. The lowest BCUT2D eigenvalue weighted by atomic mass is 9.87. The van der Waals surface area contributed by atoms with Crippen molar-refractivity contribution in [1.82, 2.24) is 4.90 Å². The van der Waals surface area contributed by atoms with Gasteiger partial charge in [0.1, 0.15) is 6.61 Å². The minimum Gasteiger partial charge on any atom is -0.481 e. The predicted molar refractivity (Wildman–Crippen MR) is 73.8 cm³/mol. The number of carboxylic acid groups (broad SMARTS) is 1. The standard InChI is InChI=1S/C15H14F3NO4/c1-2-6-23-14(22)19-7-10-9(11(8-19)13(20)21)4-3-5-12(10)15(16,17)18/h2-5,11H,1,6-8H2,(H,20,21). The Labute approximate surface area is 130 Å². The third-order valence-corrected chi connectivity index (χ3v) is 3.53. The van der Waals surface area contributed by atoms with E-state index in [1.807, 2.05) is 0 Å². The molecule has 1 unspecified atom stereocenters. The molecular weight excluding hydrogens is 315 g/mol. The molecule has 2 rings (SSSR count). The van der Waals surface area contributed by atoms with Gasteiger partial charge < -0.3 is 14.7 Å². The number of halogens is 3. The second kappa shape index (κ2) is 6.31. The maximum absolute atomic E-state index is 13.1. The summed E-state index contributed by atoms with van der Waals surface area (Å²) in [6.45, 7) is 2.65. The van der Waals surface area contributed by atoms with Crippen LogP contribution in [0.1, 0.15) is 22.6 Å². The molecule has 1 aromatic carbocycles. The molecule has 0 saturated heterocycles. The first-order valence-corrected chi connectivity index (χ1v) is 6.70. The fraction of sp³-hybridized carbons (Fsp3) is 0.333. The van der Waals surface area contributed by atoms with E-state index < -0.39 is 29.7 Å². The van der Waals surface area contributed by atoms with Crippen molar-refractivity contribution in [3.63, 3.8) is 0 Å². The number of hydrogen-bond donors (Lipinski definition) is 1. The Hall–Kier alpha value is -2.51. The molecule has 1 N–H and O–H groups in total. The molecule has 1 aliphatic heterocycles. The molecule has 1 atom stereocenters. The van der Waals surface area contributed by atoms with Crippen LogP contribution in [0.4, 0.5) is 18.0 Å². The predicted octanol–water partition coefficient (Wildman–Crippen LogP) is 3.01. The zero-order valence-electron chi connectivity index (χ0n) is 12.0. The molecule has 0 fully saturated rings. The number of amides is 1. The molecule has 1 heterocycles. The maximum Gasteiger partial charge on any atom is 0.416 e. The Kier molecular flexibility index (Phi) is 4.63. The first-order chi connectivity index (χ1) is 10.8. The number of ether oxygens (including phenoxy) is 1.